The summed E-state index contributed by atoms with van der Waals surface area (Å²) in [6.45, 7) is 8.13. The molecule has 26 heavy (non-hydrogen) atoms. The van der Waals surface area contributed by atoms with Gasteiger partial charge in [0.2, 0.25) is 11.7 Å². The number of carbonyl (C=O) groups is 1. The fourth-order valence-corrected chi connectivity index (χ4v) is 2.89. The molecule has 1 atom stereocenters. The van der Waals surface area contributed by atoms with Crippen LogP contribution in [0.5, 0.6) is 0 Å². The number of nitrogens with zero attached hydrogens (tertiary/aromatic N) is 4. The Bertz CT molecular complexity index is 894. The molecule has 3 aromatic rings. The van der Waals surface area contributed by atoms with Crippen LogP contribution in [0.25, 0.3) is 11.4 Å². The van der Waals surface area contributed by atoms with E-state index in [-0.39, 0.29) is 18.5 Å². The summed E-state index contributed by atoms with van der Waals surface area (Å²) < 4.78 is 0. The molecule has 0 aliphatic rings. The van der Waals surface area contributed by atoms with Crippen LogP contribution in [0.15, 0.2) is 42.5 Å². The number of hydrogen-bond acceptors (Lipinski definition) is 4. The minimum atomic E-state index is -0.149. The molecule has 0 bridgehead atoms. The number of carbonyl (C=O) groups excluding carboxylic acids is 1. The second-order valence-corrected chi connectivity index (χ2v) is 6.72. The van der Waals surface area contributed by atoms with Crippen molar-refractivity contribution in [3.05, 3.63) is 64.7 Å². The topological polar surface area (TPSA) is 72.7 Å². The largest absolute Gasteiger partial charge is 0.348 e. The molecule has 0 saturated carbocycles. The second-order valence-electron chi connectivity index (χ2n) is 6.72. The molecule has 6 heteroatoms. The highest BCUT2D eigenvalue weighted by Gasteiger charge is 2.13. The molecular weight excluding hydrogens is 326 g/mol. The van der Waals surface area contributed by atoms with E-state index in [1.165, 1.54) is 21.5 Å². The quantitative estimate of drug-likeness (QED) is 0.768. The van der Waals surface area contributed by atoms with Gasteiger partial charge in [0, 0.05) is 5.56 Å². The lowest BCUT2D eigenvalue weighted by Crippen LogP contribution is -2.31. The van der Waals surface area contributed by atoms with Crippen molar-refractivity contribution >= 4 is 5.91 Å². The van der Waals surface area contributed by atoms with Crippen LogP contribution in [-0.2, 0) is 11.3 Å². The van der Waals surface area contributed by atoms with Crippen molar-refractivity contribution in [2.75, 3.05) is 0 Å². The first-order valence-electron chi connectivity index (χ1n) is 8.63. The molecule has 1 N–H and O–H groups in total. The minimum absolute atomic E-state index is 0.0357. The first-order valence-corrected chi connectivity index (χ1v) is 8.63. The number of tetrazole rings is 1. The molecule has 0 fully saturated rings. The Balaban J connectivity index is 1.64. The maximum atomic E-state index is 12.3. The highest BCUT2D eigenvalue weighted by Crippen LogP contribution is 2.17. The Kier molecular flexibility index (Phi) is 5.11. The highest BCUT2D eigenvalue weighted by atomic mass is 16.2. The molecule has 6 nitrogen and oxygen atoms in total. The van der Waals surface area contributed by atoms with E-state index in [9.17, 15) is 4.79 Å². The summed E-state index contributed by atoms with van der Waals surface area (Å²) in [5, 5.41) is 15.3. The van der Waals surface area contributed by atoms with Gasteiger partial charge in [0.1, 0.15) is 6.54 Å². The van der Waals surface area contributed by atoms with E-state index in [4.69, 9.17) is 0 Å². The average Bonchev–Trinajstić information content (AvgIpc) is 3.02. The number of aryl methyl sites for hydroxylation is 3. The lowest BCUT2D eigenvalue weighted by molar-refractivity contribution is -0.122. The van der Waals surface area contributed by atoms with Gasteiger partial charge in [-0.1, -0.05) is 59.2 Å². The van der Waals surface area contributed by atoms with Crippen LogP contribution < -0.4 is 5.32 Å². The summed E-state index contributed by atoms with van der Waals surface area (Å²) in [4.78, 5) is 13.6. The molecule has 1 aromatic heterocycles. The van der Waals surface area contributed by atoms with Gasteiger partial charge in [0.25, 0.3) is 0 Å². The van der Waals surface area contributed by atoms with Gasteiger partial charge in [-0.05, 0) is 38.5 Å². The lowest BCUT2D eigenvalue weighted by atomic mass is 10.0. The van der Waals surface area contributed by atoms with Crippen molar-refractivity contribution in [1.29, 1.82) is 0 Å². The normalized spacial score (nSPS) is 12.0. The third kappa shape index (κ3) is 4.33. The molecule has 1 heterocycles. The van der Waals surface area contributed by atoms with Gasteiger partial charge in [-0.2, -0.15) is 4.80 Å². The summed E-state index contributed by atoms with van der Waals surface area (Å²) in [7, 11) is 0. The minimum Gasteiger partial charge on any atom is -0.348 e. The van der Waals surface area contributed by atoms with E-state index in [0.29, 0.717) is 5.82 Å². The zero-order chi connectivity index (χ0) is 18.7. The van der Waals surface area contributed by atoms with Crippen LogP contribution in [-0.4, -0.2) is 26.1 Å². The number of amides is 1. The van der Waals surface area contributed by atoms with Crippen molar-refractivity contribution in [1.82, 2.24) is 25.5 Å². The summed E-state index contributed by atoms with van der Waals surface area (Å²) >= 11 is 0. The summed E-state index contributed by atoms with van der Waals surface area (Å²) in [6, 6.07) is 14.1. The van der Waals surface area contributed by atoms with E-state index < -0.39 is 0 Å². The molecule has 134 valence electrons. The molecule has 0 aliphatic heterocycles. The maximum Gasteiger partial charge on any atom is 0.244 e. The molecule has 2 aromatic carbocycles. The standard InChI is InChI=1S/C20H23N5O/c1-13-5-7-17(8-6-13)20-22-24-25(23-20)12-19(26)21-16(4)18-10-14(2)9-15(3)11-18/h5-11,16H,12H2,1-4H3,(H,21,26). The molecule has 1 amide bonds. The van der Waals surface area contributed by atoms with E-state index in [1.54, 1.807) is 0 Å². The zero-order valence-corrected chi connectivity index (χ0v) is 15.5. The summed E-state index contributed by atoms with van der Waals surface area (Å²) in [5.74, 6) is 0.365. The SMILES string of the molecule is Cc1ccc(-c2nnn(CC(=O)NC(C)c3cc(C)cc(C)c3)n2)cc1. The second kappa shape index (κ2) is 7.47. The number of hydrogen-bond donors (Lipinski definition) is 1. The smallest absolute Gasteiger partial charge is 0.244 e. The highest BCUT2D eigenvalue weighted by molar-refractivity contribution is 5.76. The lowest BCUT2D eigenvalue weighted by Gasteiger charge is -2.15. The van der Waals surface area contributed by atoms with Gasteiger partial charge in [-0.25, -0.2) is 0 Å². The van der Waals surface area contributed by atoms with E-state index >= 15 is 0 Å². The van der Waals surface area contributed by atoms with E-state index in [2.05, 4.69) is 52.8 Å². The van der Waals surface area contributed by atoms with Crippen molar-refractivity contribution in [2.45, 2.75) is 40.3 Å². The first kappa shape index (κ1) is 17.8. The number of rotatable bonds is 5. The number of nitrogens with one attached hydrogen (secondary N) is 1. The van der Waals surface area contributed by atoms with Gasteiger partial charge in [0.05, 0.1) is 6.04 Å². The van der Waals surface area contributed by atoms with Crippen LogP contribution in [0, 0.1) is 20.8 Å². The van der Waals surface area contributed by atoms with Crippen molar-refractivity contribution < 1.29 is 4.79 Å². The maximum absolute atomic E-state index is 12.3. The molecule has 1 unspecified atom stereocenters. The molecular formula is C20H23N5O. The monoisotopic (exact) mass is 349 g/mol. The van der Waals surface area contributed by atoms with Crippen LogP contribution in [0.3, 0.4) is 0 Å². The Morgan fingerprint density at radius 1 is 1.04 bits per heavy atom. The third-order valence-corrected chi connectivity index (χ3v) is 4.17. The van der Waals surface area contributed by atoms with Crippen LogP contribution >= 0.6 is 0 Å². The van der Waals surface area contributed by atoms with Crippen molar-refractivity contribution in [3.8, 4) is 11.4 Å². The Morgan fingerprint density at radius 2 is 1.69 bits per heavy atom. The first-order chi connectivity index (χ1) is 12.4. The Hall–Kier alpha value is -3.02. The Morgan fingerprint density at radius 3 is 2.35 bits per heavy atom. The predicted molar refractivity (Wildman–Crippen MR) is 100 cm³/mol. The molecule has 3 rings (SSSR count). The van der Waals surface area contributed by atoms with Crippen LogP contribution in [0.4, 0.5) is 0 Å². The molecule has 0 saturated heterocycles. The van der Waals surface area contributed by atoms with E-state index in [0.717, 1.165) is 11.1 Å². The number of aromatic nitrogens is 4. The average molecular weight is 349 g/mol. The van der Waals surface area contributed by atoms with Gasteiger partial charge < -0.3 is 5.32 Å². The molecule has 0 spiro atoms. The van der Waals surface area contributed by atoms with Crippen molar-refractivity contribution in [2.24, 2.45) is 0 Å². The molecule has 0 radical (unpaired) electrons. The predicted octanol–water partition coefficient (Wildman–Crippen LogP) is 3.14. The van der Waals surface area contributed by atoms with E-state index in [1.807, 2.05) is 38.1 Å². The van der Waals surface area contributed by atoms with Gasteiger partial charge >= 0.3 is 0 Å². The fourth-order valence-electron chi connectivity index (χ4n) is 2.89. The fraction of sp³-hybridized carbons (Fsp3) is 0.300. The van der Waals surface area contributed by atoms with Crippen LogP contribution in [0.2, 0.25) is 0 Å². The zero-order valence-electron chi connectivity index (χ0n) is 15.5. The third-order valence-electron chi connectivity index (χ3n) is 4.17. The van der Waals surface area contributed by atoms with Crippen LogP contribution in [0.1, 0.15) is 35.2 Å². The summed E-state index contributed by atoms with van der Waals surface area (Å²) in [6.07, 6.45) is 0. The Labute approximate surface area is 153 Å². The summed E-state index contributed by atoms with van der Waals surface area (Å²) in [5.41, 5.74) is 5.50. The van der Waals surface area contributed by atoms with Gasteiger partial charge in [-0.3, -0.25) is 4.79 Å². The molecule has 0 aliphatic carbocycles. The van der Waals surface area contributed by atoms with Gasteiger partial charge in [0.15, 0.2) is 0 Å². The number of benzene rings is 2. The van der Waals surface area contributed by atoms with Gasteiger partial charge in [-0.15, -0.1) is 10.2 Å². The van der Waals surface area contributed by atoms with Crippen molar-refractivity contribution in [3.63, 3.8) is 0 Å².